The second kappa shape index (κ2) is 9.49. The van der Waals surface area contributed by atoms with Gasteiger partial charge < -0.3 is 10.1 Å². The zero-order chi connectivity index (χ0) is 21.6. The molecular weight excluding hydrogens is 413 g/mol. The highest BCUT2D eigenvalue weighted by molar-refractivity contribution is 7.07. The van der Waals surface area contributed by atoms with Crippen LogP contribution in [0.5, 0.6) is 10.9 Å². The summed E-state index contributed by atoms with van der Waals surface area (Å²) in [5.74, 6) is 0.751. The molecule has 7 heteroatoms. The van der Waals surface area contributed by atoms with E-state index in [9.17, 15) is 9.18 Å². The molecule has 0 spiro atoms. The zero-order valence-corrected chi connectivity index (χ0v) is 17.6. The number of carbonyl (C=O) groups is 1. The van der Waals surface area contributed by atoms with E-state index in [1.165, 1.54) is 12.1 Å². The van der Waals surface area contributed by atoms with E-state index in [1.807, 2.05) is 37.3 Å². The van der Waals surface area contributed by atoms with Crippen molar-refractivity contribution in [3.8, 4) is 10.9 Å². The van der Waals surface area contributed by atoms with E-state index in [0.29, 0.717) is 28.8 Å². The van der Waals surface area contributed by atoms with Gasteiger partial charge in [-0.05, 0) is 54.4 Å². The number of halogens is 1. The molecule has 1 aromatic heterocycles. The van der Waals surface area contributed by atoms with Gasteiger partial charge in [-0.1, -0.05) is 42.5 Å². The molecule has 0 fully saturated rings. The first-order chi connectivity index (χ1) is 15.1. The average Bonchev–Trinajstić information content (AvgIpc) is 3.23. The number of rotatable bonds is 7. The van der Waals surface area contributed by atoms with Crippen LogP contribution in [0.3, 0.4) is 0 Å². The number of benzene rings is 3. The molecule has 4 aromatic rings. The Balaban J connectivity index is 1.35. The van der Waals surface area contributed by atoms with Crippen LogP contribution in [0.15, 0.2) is 78.9 Å². The molecule has 0 radical (unpaired) electrons. The second-order valence-corrected chi connectivity index (χ2v) is 7.73. The Hall–Kier alpha value is -3.58. The van der Waals surface area contributed by atoms with Crippen LogP contribution in [-0.2, 0) is 6.42 Å². The number of amides is 1. The highest BCUT2D eigenvalue weighted by atomic mass is 32.1. The Bertz CT molecular complexity index is 1150. The number of aromatic nitrogens is 2. The number of carbonyl (C=O) groups excluding carboxylic acids is 1. The predicted octanol–water partition coefficient (Wildman–Crippen LogP) is 5.55. The van der Waals surface area contributed by atoms with E-state index in [-0.39, 0.29) is 17.8 Å². The summed E-state index contributed by atoms with van der Waals surface area (Å²) in [6.07, 6.45) is 0.499. The largest absolute Gasteiger partial charge is 0.430 e. The van der Waals surface area contributed by atoms with E-state index in [0.717, 1.165) is 22.7 Å². The van der Waals surface area contributed by atoms with Crippen LogP contribution < -0.4 is 10.1 Å². The second-order valence-electron chi connectivity index (χ2n) is 7.01. The maximum atomic E-state index is 13.0. The summed E-state index contributed by atoms with van der Waals surface area (Å²) in [5, 5.41) is 3.40. The molecule has 4 rings (SSSR count). The summed E-state index contributed by atoms with van der Waals surface area (Å²) < 4.78 is 23.1. The van der Waals surface area contributed by atoms with Gasteiger partial charge in [-0.2, -0.15) is 9.36 Å². The molecule has 0 aliphatic rings. The molecule has 0 aliphatic heterocycles. The van der Waals surface area contributed by atoms with Gasteiger partial charge in [-0.15, -0.1) is 0 Å². The van der Waals surface area contributed by atoms with Crippen LogP contribution in [-0.4, -0.2) is 15.3 Å². The van der Waals surface area contributed by atoms with E-state index in [2.05, 4.69) is 14.7 Å². The molecule has 1 heterocycles. The summed E-state index contributed by atoms with van der Waals surface area (Å²) in [4.78, 5) is 16.9. The summed E-state index contributed by atoms with van der Waals surface area (Å²) in [6, 6.07) is 22.8. The van der Waals surface area contributed by atoms with E-state index in [4.69, 9.17) is 4.74 Å². The lowest BCUT2D eigenvalue weighted by atomic mass is 10.1. The smallest absolute Gasteiger partial charge is 0.298 e. The molecule has 0 saturated heterocycles. The molecule has 1 amide bonds. The van der Waals surface area contributed by atoms with E-state index in [1.54, 1.807) is 36.4 Å². The third-order valence-corrected chi connectivity index (χ3v) is 5.33. The van der Waals surface area contributed by atoms with Crippen molar-refractivity contribution in [2.24, 2.45) is 0 Å². The number of hydrogen-bond acceptors (Lipinski definition) is 5. The van der Waals surface area contributed by atoms with Gasteiger partial charge in [0.1, 0.15) is 11.6 Å². The Labute approximate surface area is 183 Å². The first-order valence-corrected chi connectivity index (χ1v) is 10.5. The standard InChI is InChI=1S/C24H20FN3O2S/c1-16(18-5-3-2-4-6-18)26-23(29)19-9-13-21(14-10-19)30-24-27-22(28-31-24)15-17-7-11-20(25)12-8-17/h2-14,16H,15H2,1H3,(H,26,29). The van der Waals surface area contributed by atoms with Crippen molar-refractivity contribution in [2.45, 2.75) is 19.4 Å². The van der Waals surface area contributed by atoms with Crippen molar-refractivity contribution in [3.63, 3.8) is 0 Å². The number of ether oxygens (including phenoxy) is 1. The van der Waals surface area contributed by atoms with Gasteiger partial charge in [0.25, 0.3) is 11.1 Å². The molecule has 3 aromatic carbocycles. The summed E-state index contributed by atoms with van der Waals surface area (Å²) >= 11 is 1.15. The molecule has 1 unspecified atom stereocenters. The van der Waals surface area contributed by atoms with Gasteiger partial charge in [0.05, 0.1) is 6.04 Å². The average molecular weight is 434 g/mol. The van der Waals surface area contributed by atoms with Crippen LogP contribution in [0.2, 0.25) is 0 Å². The van der Waals surface area contributed by atoms with Crippen molar-refractivity contribution in [1.29, 1.82) is 0 Å². The van der Waals surface area contributed by atoms with E-state index >= 15 is 0 Å². The zero-order valence-electron chi connectivity index (χ0n) is 16.8. The topological polar surface area (TPSA) is 64.1 Å². The van der Waals surface area contributed by atoms with Crippen LogP contribution >= 0.6 is 11.5 Å². The normalized spacial score (nSPS) is 11.7. The predicted molar refractivity (Wildman–Crippen MR) is 118 cm³/mol. The third kappa shape index (κ3) is 5.52. The van der Waals surface area contributed by atoms with E-state index < -0.39 is 0 Å². The minimum absolute atomic E-state index is 0.0921. The molecule has 1 atom stereocenters. The highest BCUT2D eigenvalue weighted by Crippen LogP contribution is 2.24. The molecule has 156 valence electrons. The van der Waals surface area contributed by atoms with Gasteiger partial charge in [0.15, 0.2) is 5.82 Å². The lowest BCUT2D eigenvalue weighted by Crippen LogP contribution is -2.26. The minimum atomic E-state index is -0.273. The van der Waals surface area contributed by atoms with Crippen molar-refractivity contribution >= 4 is 17.4 Å². The summed E-state index contributed by atoms with van der Waals surface area (Å²) in [7, 11) is 0. The SMILES string of the molecule is CC(NC(=O)c1ccc(Oc2nc(Cc3ccc(F)cc3)ns2)cc1)c1ccccc1. The molecular formula is C24H20FN3O2S. The lowest BCUT2D eigenvalue weighted by Gasteiger charge is -2.14. The van der Waals surface area contributed by atoms with Crippen molar-refractivity contribution < 1.29 is 13.9 Å². The van der Waals surface area contributed by atoms with Crippen LogP contribution in [0.4, 0.5) is 4.39 Å². The number of nitrogens with zero attached hydrogens (tertiary/aromatic N) is 2. The van der Waals surface area contributed by atoms with Crippen LogP contribution in [0.1, 0.15) is 40.3 Å². The van der Waals surface area contributed by atoms with Gasteiger partial charge in [0, 0.05) is 23.5 Å². The quantitative estimate of drug-likeness (QED) is 0.415. The first kappa shape index (κ1) is 20.7. The van der Waals surface area contributed by atoms with Gasteiger partial charge in [-0.25, -0.2) is 4.39 Å². The summed E-state index contributed by atoms with van der Waals surface area (Å²) in [5.41, 5.74) is 2.51. The first-order valence-electron chi connectivity index (χ1n) is 9.77. The molecule has 0 saturated carbocycles. The fourth-order valence-electron chi connectivity index (χ4n) is 3.02. The Kier molecular flexibility index (Phi) is 6.33. The molecule has 1 N–H and O–H groups in total. The monoisotopic (exact) mass is 433 g/mol. The molecule has 5 nitrogen and oxygen atoms in total. The number of hydrogen-bond donors (Lipinski definition) is 1. The fraction of sp³-hybridized carbons (Fsp3) is 0.125. The van der Waals surface area contributed by atoms with Crippen molar-refractivity contribution in [2.75, 3.05) is 0 Å². The maximum absolute atomic E-state index is 13.0. The Morgan fingerprint density at radius 2 is 1.74 bits per heavy atom. The van der Waals surface area contributed by atoms with Crippen molar-refractivity contribution in [1.82, 2.24) is 14.7 Å². The molecule has 0 aliphatic carbocycles. The van der Waals surface area contributed by atoms with Gasteiger partial charge in [-0.3, -0.25) is 4.79 Å². The number of nitrogens with one attached hydrogen (secondary N) is 1. The highest BCUT2D eigenvalue weighted by Gasteiger charge is 2.12. The van der Waals surface area contributed by atoms with Crippen LogP contribution in [0, 0.1) is 5.82 Å². The van der Waals surface area contributed by atoms with Crippen LogP contribution in [0.25, 0.3) is 0 Å². The minimum Gasteiger partial charge on any atom is -0.430 e. The van der Waals surface area contributed by atoms with Gasteiger partial charge in [0.2, 0.25) is 0 Å². The fourth-order valence-corrected chi connectivity index (χ4v) is 3.58. The Morgan fingerprint density at radius 3 is 2.45 bits per heavy atom. The molecule has 0 bridgehead atoms. The maximum Gasteiger partial charge on any atom is 0.298 e. The van der Waals surface area contributed by atoms with Crippen molar-refractivity contribution in [3.05, 3.63) is 107 Å². The third-order valence-electron chi connectivity index (χ3n) is 4.69. The molecule has 31 heavy (non-hydrogen) atoms. The summed E-state index contributed by atoms with van der Waals surface area (Å²) in [6.45, 7) is 1.95. The van der Waals surface area contributed by atoms with Gasteiger partial charge >= 0.3 is 0 Å². The lowest BCUT2D eigenvalue weighted by molar-refractivity contribution is 0.0940. The Morgan fingerprint density at radius 1 is 1.03 bits per heavy atom.